The van der Waals surface area contributed by atoms with Crippen molar-refractivity contribution in [2.24, 2.45) is 0 Å². The molecule has 0 radical (unpaired) electrons. The van der Waals surface area contributed by atoms with Crippen molar-refractivity contribution in [2.75, 3.05) is 26.2 Å². The van der Waals surface area contributed by atoms with E-state index in [4.69, 9.17) is 5.11 Å². The zero-order chi connectivity index (χ0) is 12.9. The molecule has 2 N–H and O–H groups in total. The van der Waals surface area contributed by atoms with Crippen molar-refractivity contribution in [3.63, 3.8) is 0 Å². The Kier molecular flexibility index (Phi) is 5.69. The molecule has 1 atom stereocenters. The number of likely N-dealkylation sites (tertiary alicyclic amines) is 1. The van der Waals surface area contributed by atoms with Crippen LogP contribution < -0.4 is 5.32 Å². The van der Waals surface area contributed by atoms with Crippen LogP contribution in [0.25, 0.3) is 0 Å². The van der Waals surface area contributed by atoms with E-state index in [2.05, 4.69) is 17.1 Å². The number of alkyl halides is 3. The van der Waals surface area contributed by atoms with Gasteiger partial charge in [-0.2, -0.15) is 13.2 Å². The van der Waals surface area contributed by atoms with Crippen LogP contribution in [0.4, 0.5) is 13.2 Å². The maximum Gasteiger partial charge on any atom is 0.415 e. The smallest absolute Gasteiger partial charge is 0.382 e. The van der Waals surface area contributed by atoms with E-state index in [1.54, 1.807) is 0 Å². The van der Waals surface area contributed by atoms with Gasteiger partial charge in [0, 0.05) is 12.6 Å². The van der Waals surface area contributed by atoms with Crippen molar-refractivity contribution < 1.29 is 18.3 Å². The van der Waals surface area contributed by atoms with Crippen LogP contribution in [-0.4, -0.2) is 54.5 Å². The molecule has 1 heterocycles. The first-order valence-corrected chi connectivity index (χ1v) is 6.14. The van der Waals surface area contributed by atoms with Gasteiger partial charge in [-0.3, -0.25) is 0 Å². The number of aliphatic hydroxyl groups excluding tert-OH is 1. The summed E-state index contributed by atoms with van der Waals surface area (Å²) in [6.07, 6.45) is -3.97. The quantitative estimate of drug-likeness (QED) is 0.778. The van der Waals surface area contributed by atoms with Crippen molar-refractivity contribution in [1.82, 2.24) is 10.2 Å². The number of nitrogens with zero attached hydrogens (tertiary/aromatic N) is 1. The summed E-state index contributed by atoms with van der Waals surface area (Å²) in [5.74, 6) is 0. The standard InChI is InChI=1S/C11H21F3N2O/c1-2-5-16-6-3-9(4-7-16)15-8-10(17)11(12,13)14/h9-10,15,17H,2-8H2,1H3. The Balaban J connectivity index is 2.18. The van der Waals surface area contributed by atoms with Gasteiger partial charge in [-0.25, -0.2) is 0 Å². The summed E-state index contributed by atoms with van der Waals surface area (Å²) in [5.41, 5.74) is 0. The number of nitrogens with one attached hydrogen (secondary N) is 1. The second-order valence-electron chi connectivity index (χ2n) is 4.58. The van der Waals surface area contributed by atoms with Crippen molar-refractivity contribution in [1.29, 1.82) is 0 Å². The molecule has 1 unspecified atom stereocenters. The van der Waals surface area contributed by atoms with Crippen LogP contribution in [0.1, 0.15) is 26.2 Å². The molecule has 17 heavy (non-hydrogen) atoms. The van der Waals surface area contributed by atoms with E-state index in [1.165, 1.54) is 0 Å². The molecule has 0 spiro atoms. The highest BCUT2D eigenvalue weighted by atomic mass is 19.4. The molecule has 1 saturated heterocycles. The highest BCUT2D eigenvalue weighted by Crippen LogP contribution is 2.20. The SMILES string of the molecule is CCCN1CCC(NCC(O)C(F)(F)F)CC1. The molecule has 1 fully saturated rings. The van der Waals surface area contributed by atoms with E-state index in [1.807, 2.05) is 0 Å². The van der Waals surface area contributed by atoms with E-state index in [9.17, 15) is 13.2 Å². The lowest BCUT2D eigenvalue weighted by atomic mass is 10.0. The molecular formula is C11H21F3N2O. The van der Waals surface area contributed by atoms with Crippen molar-refractivity contribution in [2.45, 2.75) is 44.5 Å². The molecule has 0 amide bonds. The van der Waals surface area contributed by atoms with E-state index in [0.717, 1.165) is 38.9 Å². The van der Waals surface area contributed by atoms with Gasteiger partial charge >= 0.3 is 6.18 Å². The third-order valence-electron chi connectivity index (χ3n) is 3.11. The van der Waals surface area contributed by atoms with Gasteiger partial charge in [-0.15, -0.1) is 0 Å². The van der Waals surface area contributed by atoms with Gasteiger partial charge in [-0.1, -0.05) is 6.92 Å². The maximum absolute atomic E-state index is 12.1. The number of piperidine rings is 1. The summed E-state index contributed by atoms with van der Waals surface area (Å²) in [5, 5.41) is 11.6. The summed E-state index contributed by atoms with van der Waals surface area (Å²) in [6, 6.07) is 0.0973. The molecule has 3 nitrogen and oxygen atoms in total. The van der Waals surface area contributed by atoms with Crippen molar-refractivity contribution in [3.05, 3.63) is 0 Å². The Morgan fingerprint density at radius 1 is 1.35 bits per heavy atom. The molecule has 0 saturated carbocycles. The lowest BCUT2D eigenvalue weighted by Gasteiger charge is -2.32. The summed E-state index contributed by atoms with van der Waals surface area (Å²) < 4.78 is 36.2. The molecule has 1 aliphatic rings. The van der Waals surface area contributed by atoms with E-state index in [0.29, 0.717) is 0 Å². The highest BCUT2D eigenvalue weighted by Gasteiger charge is 2.38. The molecular weight excluding hydrogens is 233 g/mol. The topological polar surface area (TPSA) is 35.5 Å². The second kappa shape index (κ2) is 6.56. The normalized spacial score (nSPS) is 21.7. The summed E-state index contributed by atoms with van der Waals surface area (Å²) in [7, 11) is 0. The minimum atomic E-state index is -4.52. The van der Waals surface area contributed by atoms with Gasteiger partial charge in [0.25, 0.3) is 0 Å². The molecule has 1 aliphatic heterocycles. The Morgan fingerprint density at radius 3 is 2.41 bits per heavy atom. The number of rotatable bonds is 5. The number of halogens is 3. The first kappa shape index (κ1) is 14.7. The van der Waals surface area contributed by atoms with Crippen LogP contribution in [0.3, 0.4) is 0 Å². The van der Waals surface area contributed by atoms with Gasteiger partial charge in [-0.05, 0) is 38.9 Å². The third-order valence-corrected chi connectivity index (χ3v) is 3.11. The van der Waals surface area contributed by atoms with Gasteiger partial charge in [0.1, 0.15) is 0 Å². The van der Waals surface area contributed by atoms with Crippen LogP contribution >= 0.6 is 0 Å². The van der Waals surface area contributed by atoms with Crippen molar-refractivity contribution >= 4 is 0 Å². The molecule has 0 bridgehead atoms. The van der Waals surface area contributed by atoms with Gasteiger partial charge in [0.05, 0.1) is 0 Å². The van der Waals surface area contributed by atoms with Crippen LogP contribution in [0.15, 0.2) is 0 Å². The maximum atomic E-state index is 12.1. The third kappa shape index (κ3) is 5.23. The van der Waals surface area contributed by atoms with Gasteiger partial charge in [0.15, 0.2) is 6.10 Å². The van der Waals surface area contributed by atoms with Gasteiger partial charge < -0.3 is 15.3 Å². The second-order valence-corrected chi connectivity index (χ2v) is 4.58. The lowest BCUT2D eigenvalue weighted by molar-refractivity contribution is -0.202. The average molecular weight is 254 g/mol. The minimum Gasteiger partial charge on any atom is -0.382 e. The summed E-state index contributed by atoms with van der Waals surface area (Å²) in [6.45, 7) is 4.62. The minimum absolute atomic E-state index is 0.0973. The van der Waals surface area contributed by atoms with E-state index in [-0.39, 0.29) is 6.04 Å². The van der Waals surface area contributed by atoms with E-state index < -0.39 is 18.8 Å². The first-order valence-electron chi connectivity index (χ1n) is 6.14. The zero-order valence-electron chi connectivity index (χ0n) is 10.1. The average Bonchev–Trinajstić information content (AvgIpc) is 2.27. The van der Waals surface area contributed by atoms with Crippen LogP contribution in [0, 0.1) is 0 Å². The largest absolute Gasteiger partial charge is 0.415 e. The summed E-state index contributed by atoms with van der Waals surface area (Å²) >= 11 is 0. The molecule has 6 heteroatoms. The van der Waals surface area contributed by atoms with Crippen LogP contribution in [0.2, 0.25) is 0 Å². The number of hydrogen-bond donors (Lipinski definition) is 2. The summed E-state index contributed by atoms with van der Waals surface area (Å²) in [4.78, 5) is 2.32. The molecule has 1 rings (SSSR count). The Hall–Kier alpha value is -0.330. The molecule has 0 aliphatic carbocycles. The predicted molar refractivity (Wildman–Crippen MR) is 59.8 cm³/mol. The highest BCUT2D eigenvalue weighted by molar-refractivity contribution is 4.79. The number of hydrogen-bond acceptors (Lipinski definition) is 3. The fraction of sp³-hybridized carbons (Fsp3) is 1.00. The predicted octanol–water partition coefficient (Wildman–Crippen LogP) is 1.37. The molecule has 102 valence electrons. The van der Waals surface area contributed by atoms with Crippen molar-refractivity contribution in [3.8, 4) is 0 Å². The zero-order valence-corrected chi connectivity index (χ0v) is 10.1. The van der Waals surface area contributed by atoms with Crippen LogP contribution in [0.5, 0.6) is 0 Å². The van der Waals surface area contributed by atoms with Crippen LogP contribution in [-0.2, 0) is 0 Å². The molecule has 0 aromatic rings. The lowest BCUT2D eigenvalue weighted by Crippen LogP contribution is -2.47. The fourth-order valence-electron chi connectivity index (χ4n) is 2.07. The molecule has 0 aromatic carbocycles. The Labute approximate surface area is 100.0 Å². The Morgan fingerprint density at radius 2 is 1.94 bits per heavy atom. The Bertz CT molecular complexity index is 215. The van der Waals surface area contributed by atoms with E-state index >= 15 is 0 Å². The molecule has 0 aromatic heterocycles. The number of aliphatic hydroxyl groups is 1. The monoisotopic (exact) mass is 254 g/mol. The van der Waals surface area contributed by atoms with Gasteiger partial charge in [0.2, 0.25) is 0 Å². The fourth-order valence-corrected chi connectivity index (χ4v) is 2.07. The first-order chi connectivity index (χ1) is 7.93.